The Morgan fingerprint density at radius 3 is 2.55 bits per heavy atom. The molecule has 1 aromatic carbocycles. The maximum Gasteiger partial charge on any atom is 0.326 e. The number of amides is 1. The second kappa shape index (κ2) is 8.31. The summed E-state index contributed by atoms with van der Waals surface area (Å²) in [5.41, 5.74) is 0. The van der Waals surface area contributed by atoms with Crippen molar-refractivity contribution in [3.05, 3.63) is 29.8 Å². The number of carbonyl (C=O) groups excluding carboxylic acids is 1. The zero-order valence-electron chi connectivity index (χ0n) is 12.4. The van der Waals surface area contributed by atoms with Gasteiger partial charge in [-0.1, -0.05) is 13.8 Å². The monoisotopic (exact) mass is 315 g/mol. The molecule has 0 bridgehead atoms. The summed E-state index contributed by atoms with van der Waals surface area (Å²) in [6, 6.07) is 2.01. The van der Waals surface area contributed by atoms with E-state index >= 15 is 0 Å². The van der Waals surface area contributed by atoms with Crippen molar-refractivity contribution in [2.75, 3.05) is 6.61 Å². The molecule has 0 spiro atoms. The number of benzene rings is 1. The Kier molecular flexibility index (Phi) is 6.75. The Labute approximate surface area is 127 Å². The van der Waals surface area contributed by atoms with Crippen LogP contribution in [0.4, 0.5) is 8.78 Å². The van der Waals surface area contributed by atoms with Crippen LogP contribution < -0.4 is 10.1 Å². The minimum absolute atomic E-state index is 0.0549. The topological polar surface area (TPSA) is 75.6 Å². The minimum Gasteiger partial charge on any atom is -0.491 e. The van der Waals surface area contributed by atoms with E-state index in [1.54, 1.807) is 13.8 Å². The van der Waals surface area contributed by atoms with E-state index in [4.69, 9.17) is 9.84 Å². The SMILES string of the molecule is CC(C)[C@@H](NC(=O)CCCOc1ccc(F)cc1F)C(=O)O. The summed E-state index contributed by atoms with van der Waals surface area (Å²) in [4.78, 5) is 22.6. The largest absolute Gasteiger partial charge is 0.491 e. The predicted molar refractivity (Wildman–Crippen MR) is 75.5 cm³/mol. The van der Waals surface area contributed by atoms with Gasteiger partial charge in [0, 0.05) is 12.5 Å². The Morgan fingerprint density at radius 1 is 1.32 bits per heavy atom. The van der Waals surface area contributed by atoms with Gasteiger partial charge in [-0.2, -0.15) is 0 Å². The molecule has 0 saturated heterocycles. The predicted octanol–water partition coefficient (Wildman–Crippen LogP) is 2.35. The summed E-state index contributed by atoms with van der Waals surface area (Å²) in [7, 11) is 0. The number of aliphatic carboxylic acids is 1. The van der Waals surface area contributed by atoms with Crippen molar-refractivity contribution < 1.29 is 28.2 Å². The molecule has 22 heavy (non-hydrogen) atoms. The van der Waals surface area contributed by atoms with Gasteiger partial charge in [0.1, 0.15) is 11.9 Å². The molecule has 1 atom stereocenters. The highest BCUT2D eigenvalue weighted by Gasteiger charge is 2.22. The van der Waals surface area contributed by atoms with E-state index in [2.05, 4.69) is 5.32 Å². The second-order valence-corrected chi connectivity index (χ2v) is 5.15. The van der Waals surface area contributed by atoms with Crippen LogP contribution in [0.1, 0.15) is 26.7 Å². The van der Waals surface area contributed by atoms with E-state index in [9.17, 15) is 18.4 Å². The summed E-state index contributed by atoms with van der Waals surface area (Å²) < 4.78 is 31.1. The summed E-state index contributed by atoms with van der Waals surface area (Å²) in [5, 5.41) is 11.4. The molecule has 0 saturated carbocycles. The summed E-state index contributed by atoms with van der Waals surface area (Å²) >= 11 is 0. The number of ether oxygens (including phenoxy) is 1. The molecule has 0 unspecified atom stereocenters. The van der Waals surface area contributed by atoms with Crippen LogP contribution in [0.2, 0.25) is 0 Å². The van der Waals surface area contributed by atoms with E-state index < -0.39 is 29.6 Å². The zero-order chi connectivity index (χ0) is 16.7. The van der Waals surface area contributed by atoms with Gasteiger partial charge in [0.25, 0.3) is 0 Å². The first kappa shape index (κ1) is 17.9. The molecular formula is C15H19F2NO4. The highest BCUT2D eigenvalue weighted by atomic mass is 19.1. The normalized spacial score (nSPS) is 12.0. The molecule has 1 amide bonds. The molecule has 0 heterocycles. The molecule has 122 valence electrons. The third-order valence-corrected chi connectivity index (χ3v) is 2.95. The average Bonchev–Trinajstić information content (AvgIpc) is 2.42. The van der Waals surface area contributed by atoms with Crippen LogP contribution in [-0.2, 0) is 9.59 Å². The Balaban J connectivity index is 2.35. The van der Waals surface area contributed by atoms with Gasteiger partial charge in [-0.05, 0) is 24.5 Å². The van der Waals surface area contributed by atoms with Gasteiger partial charge in [-0.25, -0.2) is 13.6 Å². The number of carboxylic acids is 1. The third-order valence-electron chi connectivity index (χ3n) is 2.95. The summed E-state index contributed by atoms with van der Waals surface area (Å²) in [6.45, 7) is 3.45. The van der Waals surface area contributed by atoms with Gasteiger partial charge < -0.3 is 15.2 Å². The fraction of sp³-hybridized carbons (Fsp3) is 0.467. The number of hydrogen-bond acceptors (Lipinski definition) is 3. The van der Waals surface area contributed by atoms with Crippen LogP contribution in [0.3, 0.4) is 0 Å². The van der Waals surface area contributed by atoms with Crippen LogP contribution in [0.5, 0.6) is 5.75 Å². The smallest absolute Gasteiger partial charge is 0.326 e. The van der Waals surface area contributed by atoms with E-state index in [0.29, 0.717) is 6.07 Å². The van der Waals surface area contributed by atoms with Gasteiger partial charge in [0.15, 0.2) is 11.6 Å². The first-order valence-corrected chi connectivity index (χ1v) is 6.91. The third kappa shape index (κ3) is 5.67. The first-order chi connectivity index (χ1) is 10.3. The van der Waals surface area contributed by atoms with Crippen molar-refractivity contribution in [2.24, 2.45) is 5.92 Å². The molecule has 0 aliphatic heterocycles. The van der Waals surface area contributed by atoms with Crippen LogP contribution in [0, 0.1) is 17.6 Å². The Hall–Kier alpha value is -2.18. The van der Waals surface area contributed by atoms with Gasteiger partial charge in [-0.3, -0.25) is 4.79 Å². The molecule has 7 heteroatoms. The molecule has 0 fully saturated rings. The molecule has 0 aromatic heterocycles. The Morgan fingerprint density at radius 2 is 2.00 bits per heavy atom. The summed E-state index contributed by atoms with van der Waals surface area (Å²) in [6.07, 6.45) is 0.340. The number of carboxylic acid groups (broad SMARTS) is 1. The lowest BCUT2D eigenvalue weighted by Crippen LogP contribution is -2.44. The van der Waals surface area contributed by atoms with Crippen LogP contribution >= 0.6 is 0 Å². The number of rotatable bonds is 8. The van der Waals surface area contributed by atoms with Gasteiger partial charge in [-0.15, -0.1) is 0 Å². The second-order valence-electron chi connectivity index (χ2n) is 5.15. The Bertz CT molecular complexity index is 534. The van der Waals surface area contributed by atoms with Crippen molar-refractivity contribution in [3.63, 3.8) is 0 Å². The maximum absolute atomic E-state index is 13.3. The molecule has 1 rings (SSSR count). The lowest BCUT2D eigenvalue weighted by molar-refractivity contribution is -0.143. The quantitative estimate of drug-likeness (QED) is 0.722. The average molecular weight is 315 g/mol. The lowest BCUT2D eigenvalue weighted by Gasteiger charge is -2.17. The van der Waals surface area contributed by atoms with Crippen molar-refractivity contribution in [3.8, 4) is 5.75 Å². The lowest BCUT2D eigenvalue weighted by atomic mass is 10.0. The molecule has 0 radical (unpaired) electrons. The van der Waals surface area contributed by atoms with Gasteiger partial charge in [0.2, 0.25) is 5.91 Å². The van der Waals surface area contributed by atoms with Gasteiger partial charge in [0.05, 0.1) is 6.61 Å². The highest BCUT2D eigenvalue weighted by molar-refractivity contribution is 5.83. The van der Waals surface area contributed by atoms with Crippen LogP contribution in [0.25, 0.3) is 0 Å². The van der Waals surface area contributed by atoms with E-state index in [0.717, 1.165) is 6.07 Å². The molecule has 0 aliphatic carbocycles. The summed E-state index contributed by atoms with van der Waals surface area (Å²) in [5.74, 6) is -3.33. The van der Waals surface area contributed by atoms with Crippen molar-refractivity contribution in [1.82, 2.24) is 5.32 Å². The fourth-order valence-corrected chi connectivity index (χ4v) is 1.77. The van der Waals surface area contributed by atoms with Crippen LogP contribution in [-0.4, -0.2) is 29.6 Å². The fourth-order valence-electron chi connectivity index (χ4n) is 1.77. The van der Waals surface area contributed by atoms with Crippen molar-refractivity contribution in [2.45, 2.75) is 32.7 Å². The molecule has 1 aromatic rings. The number of hydrogen-bond donors (Lipinski definition) is 2. The molecule has 2 N–H and O–H groups in total. The van der Waals surface area contributed by atoms with E-state index in [1.165, 1.54) is 6.07 Å². The highest BCUT2D eigenvalue weighted by Crippen LogP contribution is 2.17. The van der Waals surface area contributed by atoms with Crippen LogP contribution in [0.15, 0.2) is 18.2 Å². The first-order valence-electron chi connectivity index (χ1n) is 6.91. The minimum atomic E-state index is -1.09. The standard InChI is InChI=1S/C15H19F2NO4/c1-9(2)14(15(20)21)18-13(19)4-3-7-22-12-6-5-10(16)8-11(12)17/h5-6,8-9,14H,3-4,7H2,1-2H3,(H,18,19)(H,20,21)/t14-/m1/s1. The van der Waals surface area contributed by atoms with Crippen molar-refractivity contribution in [1.29, 1.82) is 0 Å². The maximum atomic E-state index is 13.3. The number of halogens is 2. The van der Waals surface area contributed by atoms with E-state index in [1.807, 2.05) is 0 Å². The zero-order valence-corrected chi connectivity index (χ0v) is 12.4. The molecule has 0 aliphatic rings. The molecular weight excluding hydrogens is 296 g/mol. The molecule has 5 nitrogen and oxygen atoms in total. The number of carbonyl (C=O) groups is 2. The van der Waals surface area contributed by atoms with E-state index in [-0.39, 0.29) is 31.1 Å². The van der Waals surface area contributed by atoms with Crippen molar-refractivity contribution >= 4 is 11.9 Å². The van der Waals surface area contributed by atoms with Gasteiger partial charge >= 0.3 is 5.97 Å². The number of nitrogens with one attached hydrogen (secondary N) is 1.